The minimum Gasteiger partial charge on any atom is -0.378 e. The van der Waals surface area contributed by atoms with E-state index in [9.17, 15) is 0 Å². The molecular formula is C23H22N6O. The maximum absolute atomic E-state index is 5.42. The van der Waals surface area contributed by atoms with Crippen LogP contribution < -0.4 is 15.5 Å². The fraction of sp³-hybridized carbons (Fsp3) is 0.174. The number of morpholine rings is 1. The molecule has 0 spiro atoms. The lowest BCUT2D eigenvalue weighted by Crippen LogP contribution is -2.36. The number of hydrogen-bond donors (Lipinski definition) is 2. The molecule has 4 aromatic rings. The van der Waals surface area contributed by atoms with Crippen LogP contribution in [-0.4, -0.2) is 41.3 Å². The number of fused-ring (bicyclic) bond motifs is 1. The quantitative estimate of drug-likeness (QED) is 0.518. The van der Waals surface area contributed by atoms with Gasteiger partial charge in [0.25, 0.3) is 0 Å². The third-order valence-electron chi connectivity index (χ3n) is 5.10. The molecule has 1 aliphatic heterocycles. The van der Waals surface area contributed by atoms with Gasteiger partial charge >= 0.3 is 0 Å². The maximum atomic E-state index is 5.42. The van der Waals surface area contributed by atoms with Crippen LogP contribution in [0, 0.1) is 0 Å². The van der Waals surface area contributed by atoms with E-state index in [0.717, 1.165) is 48.6 Å². The van der Waals surface area contributed by atoms with Crippen LogP contribution in [0.1, 0.15) is 0 Å². The van der Waals surface area contributed by atoms with Crippen molar-refractivity contribution in [2.45, 2.75) is 0 Å². The molecule has 30 heavy (non-hydrogen) atoms. The predicted molar refractivity (Wildman–Crippen MR) is 120 cm³/mol. The highest BCUT2D eigenvalue weighted by molar-refractivity contribution is 5.92. The van der Waals surface area contributed by atoms with Gasteiger partial charge in [-0.15, -0.1) is 0 Å². The number of nitrogens with one attached hydrogen (secondary N) is 2. The molecule has 150 valence electrons. The first-order valence-corrected chi connectivity index (χ1v) is 9.98. The molecule has 0 bridgehead atoms. The lowest BCUT2D eigenvalue weighted by molar-refractivity contribution is 0.122. The molecule has 0 saturated carbocycles. The SMILES string of the molecule is c1ccc2c(Nc3cc(Nc4ccc(N5CCOCC5)cc4)ncn3)nccc2c1. The Hall–Kier alpha value is -3.71. The van der Waals surface area contributed by atoms with Crippen LogP contribution in [0.5, 0.6) is 0 Å². The molecule has 2 N–H and O–H groups in total. The van der Waals surface area contributed by atoms with Gasteiger partial charge in [0.05, 0.1) is 13.2 Å². The van der Waals surface area contributed by atoms with E-state index in [-0.39, 0.29) is 0 Å². The Kier molecular flexibility index (Phi) is 5.10. The van der Waals surface area contributed by atoms with Crippen molar-refractivity contribution in [3.05, 3.63) is 73.2 Å². The molecule has 7 heteroatoms. The van der Waals surface area contributed by atoms with E-state index in [1.54, 1.807) is 6.20 Å². The Bertz CT molecular complexity index is 1140. The van der Waals surface area contributed by atoms with Crippen molar-refractivity contribution in [2.24, 2.45) is 0 Å². The number of rotatable bonds is 5. The molecule has 1 aliphatic rings. The first kappa shape index (κ1) is 18.3. The van der Waals surface area contributed by atoms with Crippen LogP contribution in [0.2, 0.25) is 0 Å². The molecule has 0 amide bonds. The van der Waals surface area contributed by atoms with E-state index in [0.29, 0.717) is 11.6 Å². The highest BCUT2D eigenvalue weighted by Gasteiger charge is 2.11. The maximum Gasteiger partial charge on any atom is 0.139 e. The van der Waals surface area contributed by atoms with Crippen molar-refractivity contribution < 1.29 is 4.74 Å². The highest BCUT2D eigenvalue weighted by atomic mass is 16.5. The van der Waals surface area contributed by atoms with Crippen LogP contribution in [0.25, 0.3) is 10.8 Å². The fourth-order valence-corrected chi connectivity index (χ4v) is 3.56. The van der Waals surface area contributed by atoms with Gasteiger partial charge in [0.2, 0.25) is 0 Å². The van der Waals surface area contributed by atoms with Crippen LogP contribution in [0.15, 0.2) is 73.2 Å². The second kappa shape index (κ2) is 8.34. The second-order valence-corrected chi connectivity index (χ2v) is 7.07. The van der Waals surface area contributed by atoms with E-state index < -0.39 is 0 Å². The first-order valence-electron chi connectivity index (χ1n) is 9.98. The third kappa shape index (κ3) is 4.01. The highest BCUT2D eigenvalue weighted by Crippen LogP contribution is 2.25. The zero-order valence-corrected chi connectivity index (χ0v) is 16.5. The number of nitrogens with zero attached hydrogens (tertiary/aromatic N) is 4. The van der Waals surface area contributed by atoms with Gasteiger partial charge in [-0.2, -0.15) is 0 Å². The molecular weight excluding hydrogens is 376 g/mol. The van der Waals surface area contributed by atoms with Crippen molar-refractivity contribution in [3.63, 3.8) is 0 Å². The molecule has 0 unspecified atom stereocenters. The molecule has 7 nitrogen and oxygen atoms in total. The summed E-state index contributed by atoms with van der Waals surface area (Å²) in [4.78, 5) is 15.5. The molecule has 0 radical (unpaired) electrons. The molecule has 0 aliphatic carbocycles. The Morgan fingerprint density at radius 2 is 1.57 bits per heavy atom. The van der Waals surface area contributed by atoms with Gasteiger partial charge in [0.15, 0.2) is 0 Å². The summed E-state index contributed by atoms with van der Waals surface area (Å²) in [6.07, 6.45) is 3.33. The topological polar surface area (TPSA) is 75.2 Å². The molecule has 0 atom stereocenters. The first-order chi connectivity index (χ1) is 14.8. The number of pyridine rings is 1. The second-order valence-electron chi connectivity index (χ2n) is 7.07. The van der Waals surface area contributed by atoms with Gasteiger partial charge in [-0.05, 0) is 35.7 Å². The summed E-state index contributed by atoms with van der Waals surface area (Å²) < 4.78 is 5.42. The lowest BCUT2D eigenvalue weighted by Gasteiger charge is -2.28. The Labute approximate surface area is 174 Å². The molecule has 2 aromatic heterocycles. The monoisotopic (exact) mass is 398 g/mol. The average molecular weight is 398 g/mol. The average Bonchev–Trinajstić information content (AvgIpc) is 2.81. The Morgan fingerprint density at radius 1 is 0.800 bits per heavy atom. The number of benzene rings is 2. The van der Waals surface area contributed by atoms with Crippen LogP contribution in [0.4, 0.5) is 28.8 Å². The van der Waals surface area contributed by atoms with E-state index in [1.807, 2.05) is 30.3 Å². The summed E-state index contributed by atoms with van der Waals surface area (Å²) in [6, 6.07) is 20.4. The fourth-order valence-electron chi connectivity index (χ4n) is 3.56. The number of anilines is 5. The van der Waals surface area contributed by atoms with Crippen LogP contribution in [0.3, 0.4) is 0 Å². The van der Waals surface area contributed by atoms with Gasteiger partial charge in [0, 0.05) is 42.1 Å². The summed E-state index contributed by atoms with van der Waals surface area (Å²) >= 11 is 0. The lowest BCUT2D eigenvalue weighted by atomic mass is 10.1. The molecule has 1 saturated heterocycles. The molecule has 2 aromatic carbocycles. The van der Waals surface area contributed by atoms with Gasteiger partial charge in [-0.25, -0.2) is 15.0 Å². The Balaban J connectivity index is 1.31. The van der Waals surface area contributed by atoms with Gasteiger partial charge in [0.1, 0.15) is 23.8 Å². The summed E-state index contributed by atoms with van der Waals surface area (Å²) in [7, 11) is 0. The van der Waals surface area contributed by atoms with Crippen molar-refractivity contribution in [1.29, 1.82) is 0 Å². The minimum atomic E-state index is 0.682. The van der Waals surface area contributed by atoms with E-state index in [4.69, 9.17) is 4.74 Å². The van der Waals surface area contributed by atoms with E-state index in [1.165, 1.54) is 12.0 Å². The van der Waals surface area contributed by atoms with Crippen molar-refractivity contribution in [2.75, 3.05) is 41.8 Å². The predicted octanol–water partition coefficient (Wildman–Crippen LogP) is 4.35. The van der Waals surface area contributed by atoms with Crippen LogP contribution in [-0.2, 0) is 4.74 Å². The third-order valence-corrected chi connectivity index (χ3v) is 5.10. The normalized spacial score (nSPS) is 13.9. The summed E-state index contributed by atoms with van der Waals surface area (Å²) in [5.74, 6) is 2.17. The smallest absolute Gasteiger partial charge is 0.139 e. The summed E-state index contributed by atoms with van der Waals surface area (Å²) in [6.45, 7) is 3.41. The Morgan fingerprint density at radius 3 is 2.40 bits per heavy atom. The molecule has 5 rings (SSSR count). The molecule has 1 fully saturated rings. The standard InChI is InChI=1S/C23H22N6O/c1-2-4-20-17(3-1)9-10-24-23(20)28-22-15-21(25-16-26-22)27-18-5-7-19(8-6-18)29-11-13-30-14-12-29/h1-10,15-16H,11-14H2,(H2,24,25,26,27,28). The molecule has 3 heterocycles. The van der Waals surface area contributed by atoms with E-state index in [2.05, 4.69) is 60.8 Å². The van der Waals surface area contributed by atoms with Crippen molar-refractivity contribution in [3.8, 4) is 0 Å². The summed E-state index contributed by atoms with van der Waals surface area (Å²) in [5, 5.41) is 8.82. The number of hydrogen-bond acceptors (Lipinski definition) is 7. The zero-order chi connectivity index (χ0) is 20.2. The van der Waals surface area contributed by atoms with Gasteiger partial charge < -0.3 is 20.3 Å². The summed E-state index contributed by atoms with van der Waals surface area (Å²) in [5.41, 5.74) is 2.18. The minimum absolute atomic E-state index is 0.682. The largest absolute Gasteiger partial charge is 0.378 e. The van der Waals surface area contributed by atoms with E-state index >= 15 is 0 Å². The van der Waals surface area contributed by atoms with Gasteiger partial charge in [-0.1, -0.05) is 24.3 Å². The van der Waals surface area contributed by atoms with Crippen molar-refractivity contribution >= 4 is 39.6 Å². The zero-order valence-electron chi connectivity index (χ0n) is 16.5. The number of aromatic nitrogens is 3. The number of ether oxygens (including phenoxy) is 1. The van der Waals surface area contributed by atoms with Crippen molar-refractivity contribution in [1.82, 2.24) is 15.0 Å². The van der Waals surface area contributed by atoms with Gasteiger partial charge in [-0.3, -0.25) is 0 Å². The van der Waals surface area contributed by atoms with Crippen LogP contribution >= 0.6 is 0 Å².